The molecule has 0 saturated heterocycles. The number of hydrogen-bond acceptors (Lipinski definition) is 2. The standard InChI is InChI=1S/C16H20O2/c1-14(15-9-3-2-4-10-15)8-7-12-16(18)11-5-6-13-17/h2-4,9-10,14,17H,6-8,12-13H2,1H3. The Labute approximate surface area is 109 Å². The quantitative estimate of drug-likeness (QED) is 0.617. The molecule has 0 aliphatic heterocycles. The van der Waals surface area contributed by atoms with Crippen molar-refractivity contribution in [2.45, 2.75) is 38.5 Å². The first kappa shape index (κ1) is 14.5. The Balaban J connectivity index is 2.26. The number of benzene rings is 1. The molecule has 0 aromatic heterocycles. The van der Waals surface area contributed by atoms with Crippen molar-refractivity contribution < 1.29 is 9.90 Å². The van der Waals surface area contributed by atoms with E-state index in [0.29, 0.717) is 18.8 Å². The molecule has 2 nitrogen and oxygen atoms in total. The molecule has 1 aromatic rings. The molecule has 1 unspecified atom stereocenters. The topological polar surface area (TPSA) is 37.3 Å². The fourth-order valence-electron chi connectivity index (χ4n) is 1.80. The molecule has 0 spiro atoms. The number of aliphatic hydroxyl groups is 1. The van der Waals surface area contributed by atoms with Crippen molar-refractivity contribution in [3.63, 3.8) is 0 Å². The number of carbonyl (C=O) groups excluding carboxylic acids is 1. The predicted octanol–water partition coefficient (Wildman–Crippen LogP) is 2.92. The second-order valence-electron chi connectivity index (χ2n) is 4.40. The van der Waals surface area contributed by atoms with Crippen LogP contribution in [0.25, 0.3) is 0 Å². The number of aliphatic hydroxyl groups excluding tert-OH is 1. The van der Waals surface area contributed by atoms with Crippen molar-refractivity contribution in [1.82, 2.24) is 0 Å². The average Bonchev–Trinajstić information content (AvgIpc) is 2.40. The molecule has 96 valence electrons. The van der Waals surface area contributed by atoms with E-state index in [1.165, 1.54) is 5.56 Å². The molecule has 2 heteroatoms. The van der Waals surface area contributed by atoms with Crippen LogP contribution in [-0.2, 0) is 4.79 Å². The summed E-state index contributed by atoms with van der Waals surface area (Å²) in [5.41, 5.74) is 1.32. The first-order valence-corrected chi connectivity index (χ1v) is 6.41. The van der Waals surface area contributed by atoms with Crippen LogP contribution in [0.1, 0.15) is 44.1 Å². The maximum Gasteiger partial charge on any atom is 0.205 e. The van der Waals surface area contributed by atoms with Gasteiger partial charge in [0.15, 0.2) is 0 Å². The lowest BCUT2D eigenvalue weighted by Crippen LogP contribution is -1.97. The molecule has 0 bridgehead atoms. The Kier molecular flexibility index (Phi) is 6.83. The van der Waals surface area contributed by atoms with Crippen LogP contribution in [0.15, 0.2) is 30.3 Å². The molecular formula is C16H20O2. The second kappa shape index (κ2) is 8.49. The SMILES string of the molecule is CC(CCCC(=O)C#CCCO)c1ccccc1. The normalized spacial score (nSPS) is 11.4. The first-order valence-electron chi connectivity index (χ1n) is 6.41. The zero-order chi connectivity index (χ0) is 13.2. The summed E-state index contributed by atoms with van der Waals surface area (Å²) in [6, 6.07) is 10.3. The average molecular weight is 244 g/mol. The highest BCUT2D eigenvalue weighted by Gasteiger charge is 2.05. The smallest absolute Gasteiger partial charge is 0.205 e. The molecule has 0 saturated carbocycles. The van der Waals surface area contributed by atoms with Crippen LogP contribution in [0.4, 0.5) is 0 Å². The van der Waals surface area contributed by atoms with E-state index in [-0.39, 0.29) is 12.4 Å². The summed E-state index contributed by atoms with van der Waals surface area (Å²) < 4.78 is 0. The van der Waals surface area contributed by atoms with Crippen LogP contribution in [-0.4, -0.2) is 17.5 Å². The lowest BCUT2D eigenvalue weighted by atomic mass is 9.95. The third kappa shape index (κ3) is 5.65. The summed E-state index contributed by atoms with van der Waals surface area (Å²) >= 11 is 0. The summed E-state index contributed by atoms with van der Waals surface area (Å²) in [4.78, 5) is 11.4. The molecule has 1 rings (SSSR count). The minimum absolute atomic E-state index is 0.0192. The van der Waals surface area contributed by atoms with E-state index in [1.807, 2.05) is 18.2 Å². The number of rotatable bonds is 6. The van der Waals surface area contributed by atoms with Gasteiger partial charge in [-0.1, -0.05) is 43.2 Å². The maximum atomic E-state index is 11.4. The number of hydrogen-bond donors (Lipinski definition) is 1. The van der Waals surface area contributed by atoms with Crippen LogP contribution < -0.4 is 0 Å². The van der Waals surface area contributed by atoms with Crippen LogP contribution >= 0.6 is 0 Å². The molecule has 18 heavy (non-hydrogen) atoms. The second-order valence-corrected chi connectivity index (χ2v) is 4.40. The van der Waals surface area contributed by atoms with Crippen LogP contribution in [0.2, 0.25) is 0 Å². The molecule has 1 aromatic carbocycles. The van der Waals surface area contributed by atoms with Gasteiger partial charge < -0.3 is 5.11 Å². The summed E-state index contributed by atoms with van der Waals surface area (Å²) in [7, 11) is 0. The largest absolute Gasteiger partial charge is 0.395 e. The molecule has 0 aliphatic carbocycles. The van der Waals surface area contributed by atoms with E-state index in [2.05, 4.69) is 30.9 Å². The van der Waals surface area contributed by atoms with Gasteiger partial charge in [0, 0.05) is 12.8 Å². The summed E-state index contributed by atoms with van der Waals surface area (Å²) in [5.74, 6) is 5.66. The Morgan fingerprint density at radius 3 is 2.72 bits per heavy atom. The molecule has 1 atom stereocenters. The summed E-state index contributed by atoms with van der Waals surface area (Å²) in [6.07, 6.45) is 2.75. The highest BCUT2D eigenvalue weighted by molar-refractivity contribution is 5.95. The van der Waals surface area contributed by atoms with Gasteiger partial charge in [-0.25, -0.2) is 0 Å². The Hall–Kier alpha value is -1.59. The predicted molar refractivity (Wildman–Crippen MR) is 73.2 cm³/mol. The van der Waals surface area contributed by atoms with Gasteiger partial charge in [-0.05, 0) is 30.2 Å². The van der Waals surface area contributed by atoms with Crippen LogP contribution in [0.3, 0.4) is 0 Å². The lowest BCUT2D eigenvalue weighted by molar-refractivity contribution is -0.113. The van der Waals surface area contributed by atoms with E-state index in [1.54, 1.807) is 0 Å². The van der Waals surface area contributed by atoms with Gasteiger partial charge in [0.1, 0.15) is 0 Å². The van der Waals surface area contributed by atoms with Gasteiger partial charge in [-0.3, -0.25) is 4.79 Å². The fraction of sp³-hybridized carbons (Fsp3) is 0.438. The highest BCUT2D eigenvalue weighted by Crippen LogP contribution is 2.20. The molecule has 0 heterocycles. The Morgan fingerprint density at radius 2 is 2.06 bits per heavy atom. The lowest BCUT2D eigenvalue weighted by Gasteiger charge is -2.10. The molecular weight excluding hydrogens is 224 g/mol. The van der Waals surface area contributed by atoms with Crippen LogP contribution in [0, 0.1) is 11.8 Å². The van der Waals surface area contributed by atoms with Crippen molar-refractivity contribution in [3.05, 3.63) is 35.9 Å². The monoisotopic (exact) mass is 244 g/mol. The third-order valence-corrected chi connectivity index (χ3v) is 2.87. The van der Waals surface area contributed by atoms with Crippen molar-refractivity contribution in [3.8, 4) is 11.8 Å². The van der Waals surface area contributed by atoms with Crippen molar-refractivity contribution in [2.24, 2.45) is 0 Å². The van der Waals surface area contributed by atoms with Crippen molar-refractivity contribution in [2.75, 3.05) is 6.61 Å². The first-order chi connectivity index (χ1) is 8.74. The van der Waals surface area contributed by atoms with E-state index in [0.717, 1.165) is 12.8 Å². The number of Topliss-reactive ketones (excluding diaryl/α,β-unsaturated/α-hetero) is 1. The Morgan fingerprint density at radius 1 is 1.33 bits per heavy atom. The van der Waals surface area contributed by atoms with E-state index in [4.69, 9.17) is 5.11 Å². The van der Waals surface area contributed by atoms with Gasteiger partial charge in [-0.2, -0.15) is 0 Å². The minimum Gasteiger partial charge on any atom is -0.395 e. The van der Waals surface area contributed by atoms with Crippen molar-refractivity contribution in [1.29, 1.82) is 0 Å². The zero-order valence-corrected chi connectivity index (χ0v) is 10.9. The number of carbonyl (C=O) groups is 1. The number of ketones is 1. The minimum atomic E-state index is -0.0243. The van der Waals surface area contributed by atoms with Crippen LogP contribution in [0.5, 0.6) is 0 Å². The molecule has 0 radical (unpaired) electrons. The van der Waals surface area contributed by atoms with Crippen molar-refractivity contribution >= 4 is 5.78 Å². The van der Waals surface area contributed by atoms with Gasteiger partial charge >= 0.3 is 0 Å². The highest BCUT2D eigenvalue weighted by atomic mass is 16.2. The fourth-order valence-corrected chi connectivity index (χ4v) is 1.80. The van der Waals surface area contributed by atoms with E-state index in [9.17, 15) is 4.79 Å². The third-order valence-electron chi connectivity index (χ3n) is 2.87. The van der Waals surface area contributed by atoms with Gasteiger partial charge in [0.05, 0.1) is 6.61 Å². The molecule has 0 amide bonds. The van der Waals surface area contributed by atoms with Gasteiger partial charge in [-0.15, -0.1) is 0 Å². The molecule has 0 aliphatic rings. The van der Waals surface area contributed by atoms with E-state index >= 15 is 0 Å². The zero-order valence-electron chi connectivity index (χ0n) is 10.9. The molecule has 0 fully saturated rings. The van der Waals surface area contributed by atoms with Gasteiger partial charge in [0.25, 0.3) is 0 Å². The molecule has 1 N–H and O–H groups in total. The maximum absolute atomic E-state index is 11.4. The summed E-state index contributed by atoms with van der Waals surface area (Å²) in [6.45, 7) is 2.20. The summed E-state index contributed by atoms with van der Waals surface area (Å²) in [5, 5.41) is 8.54. The van der Waals surface area contributed by atoms with E-state index < -0.39 is 0 Å². The van der Waals surface area contributed by atoms with Gasteiger partial charge in [0.2, 0.25) is 5.78 Å². The Bertz CT molecular complexity index is 412.